The first kappa shape index (κ1) is 12.4. The number of hydrogen-bond donors (Lipinski definition) is 0. The minimum atomic E-state index is 0.0319. The van der Waals surface area contributed by atoms with E-state index in [-0.39, 0.29) is 6.10 Å². The van der Waals surface area contributed by atoms with Crippen molar-refractivity contribution >= 4 is 21.8 Å². The standard InChI is InChI=1S/C16H14BrNO/c1-11-2-4-13(5-3-11)16-18-10-15(19-16)12-6-8-14(17)9-7-12/h2-9,15H,10H2,1H3. The van der Waals surface area contributed by atoms with E-state index in [1.807, 2.05) is 12.1 Å². The minimum absolute atomic E-state index is 0.0319. The molecule has 1 heterocycles. The second kappa shape index (κ2) is 5.17. The third-order valence-electron chi connectivity index (χ3n) is 3.19. The smallest absolute Gasteiger partial charge is 0.216 e. The first-order valence-corrected chi connectivity index (χ1v) is 7.05. The van der Waals surface area contributed by atoms with E-state index in [0.29, 0.717) is 6.54 Å². The summed E-state index contributed by atoms with van der Waals surface area (Å²) in [6.07, 6.45) is 0.0319. The SMILES string of the molecule is Cc1ccc(C2=NCC(c3ccc(Br)cc3)O2)cc1. The molecule has 1 aliphatic heterocycles. The first-order valence-electron chi connectivity index (χ1n) is 6.26. The zero-order valence-electron chi connectivity index (χ0n) is 10.6. The summed E-state index contributed by atoms with van der Waals surface area (Å²) < 4.78 is 7.03. The van der Waals surface area contributed by atoms with Crippen molar-refractivity contribution in [1.29, 1.82) is 0 Å². The zero-order valence-corrected chi connectivity index (χ0v) is 12.2. The highest BCUT2D eigenvalue weighted by Gasteiger charge is 2.22. The molecule has 0 fully saturated rings. The highest BCUT2D eigenvalue weighted by atomic mass is 79.9. The van der Waals surface area contributed by atoms with Gasteiger partial charge in [-0.2, -0.15) is 0 Å². The van der Waals surface area contributed by atoms with Crippen molar-refractivity contribution in [3.63, 3.8) is 0 Å². The third kappa shape index (κ3) is 2.71. The van der Waals surface area contributed by atoms with Gasteiger partial charge in [-0.25, -0.2) is 4.99 Å². The summed E-state index contributed by atoms with van der Waals surface area (Å²) in [5, 5.41) is 0. The van der Waals surface area contributed by atoms with Crippen LogP contribution in [0.3, 0.4) is 0 Å². The molecular weight excluding hydrogens is 302 g/mol. The van der Waals surface area contributed by atoms with E-state index in [0.717, 1.165) is 21.5 Å². The van der Waals surface area contributed by atoms with Gasteiger partial charge in [0.25, 0.3) is 0 Å². The van der Waals surface area contributed by atoms with Crippen LogP contribution in [0.5, 0.6) is 0 Å². The zero-order chi connectivity index (χ0) is 13.2. The van der Waals surface area contributed by atoms with Crippen molar-refractivity contribution in [1.82, 2.24) is 0 Å². The van der Waals surface area contributed by atoms with E-state index in [1.165, 1.54) is 5.56 Å². The van der Waals surface area contributed by atoms with Crippen LogP contribution < -0.4 is 0 Å². The highest BCUT2D eigenvalue weighted by molar-refractivity contribution is 9.10. The lowest BCUT2D eigenvalue weighted by Gasteiger charge is -2.11. The van der Waals surface area contributed by atoms with Crippen LogP contribution in [0.25, 0.3) is 0 Å². The van der Waals surface area contributed by atoms with Gasteiger partial charge in [-0.3, -0.25) is 0 Å². The largest absolute Gasteiger partial charge is 0.467 e. The van der Waals surface area contributed by atoms with Crippen molar-refractivity contribution in [2.75, 3.05) is 6.54 Å². The number of ether oxygens (including phenoxy) is 1. The van der Waals surface area contributed by atoms with E-state index in [1.54, 1.807) is 0 Å². The van der Waals surface area contributed by atoms with Gasteiger partial charge < -0.3 is 4.74 Å². The molecule has 96 valence electrons. The fourth-order valence-corrected chi connectivity index (χ4v) is 2.35. The van der Waals surface area contributed by atoms with Gasteiger partial charge >= 0.3 is 0 Å². The Balaban J connectivity index is 1.76. The Morgan fingerprint density at radius 2 is 1.74 bits per heavy atom. The van der Waals surface area contributed by atoms with Crippen molar-refractivity contribution in [2.24, 2.45) is 4.99 Å². The summed E-state index contributed by atoms with van der Waals surface area (Å²) in [6.45, 7) is 2.76. The Kier molecular flexibility index (Phi) is 3.38. The maximum atomic E-state index is 5.95. The first-order chi connectivity index (χ1) is 9.22. The maximum Gasteiger partial charge on any atom is 0.216 e. The van der Waals surface area contributed by atoms with Crippen LogP contribution >= 0.6 is 15.9 Å². The van der Waals surface area contributed by atoms with Crippen molar-refractivity contribution in [3.05, 3.63) is 69.7 Å². The molecule has 2 aromatic carbocycles. The molecular formula is C16H14BrNO. The van der Waals surface area contributed by atoms with Crippen molar-refractivity contribution < 1.29 is 4.74 Å². The molecule has 2 aromatic rings. The van der Waals surface area contributed by atoms with E-state index >= 15 is 0 Å². The molecule has 0 radical (unpaired) electrons. The van der Waals surface area contributed by atoms with E-state index in [4.69, 9.17) is 4.74 Å². The lowest BCUT2D eigenvalue weighted by molar-refractivity contribution is 0.230. The molecule has 1 atom stereocenters. The minimum Gasteiger partial charge on any atom is -0.467 e. The molecule has 1 aliphatic rings. The van der Waals surface area contributed by atoms with Gasteiger partial charge in [0.2, 0.25) is 5.90 Å². The molecule has 0 aliphatic carbocycles. The van der Waals surface area contributed by atoms with Crippen LogP contribution in [-0.4, -0.2) is 12.4 Å². The van der Waals surface area contributed by atoms with Crippen molar-refractivity contribution in [2.45, 2.75) is 13.0 Å². The molecule has 0 spiro atoms. The monoisotopic (exact) mass is 315 g/mol. The third-order valence-corrected chi connectivity index (χ3v) is 3.72. The van der Waals surface area contributed by atoms with Gasteiger partial charge in [0, 0.05) is 10.0 Å². The second-order valence-electron chi connectivity index (χ2n) is 4.67. The number of halogens is 1. The Hall–Kier alpha value is -1.61. The predicted molar refractivity (Wildman–Crippen MR) is 80.6 cm³/mol. The lowest BCUT2D eigenvalue weighted by atomic mass is 10.1. The topological polar surface area (TPSA) is 21.6 Å². The van der Waals surface area contributed by atoms with Crippen molar-refractivity contribution in [3.8, 4) is 0 Å². The van der Waals surface area contributed by atoms with Gasteiger partial charge in [-0.1, -0.05) is 45.8 Å². The van der Waals surface area contributed by atoms with Crippen LogP contribution in [0.4, 0.5) is 0 Å². The molecule has 0 N–H and O–H groups in total. The number of hydrogen-bond acceptors (Lipinski definition) is 2. The van der Waals surface area contributed by atoms with Gasteiger partial charge in [0.05, 0.1) is 6.54 Å². The summed E-state index contributed by atoms with van der Waals surface area (Å²) in [5.41, 5.74) is 3.45. The average Bonchev–Trinajstić information content (AvgIpc) is 2.90. The number of aliphatic imine (C=N–C) groups is 1. The maximum absolute atomic E-state index is 5.95. The number of aryl methyl sites for hydroxylation is 1. The highest BCUT2D eigenvalue weighted by Crippen LogP contribution is 2.26. The Labute approximate surface area is 121 Å². The molecule has 3 heteroatoms. The molecule has 2 nitrogen and oxygen atoms in total. The van der Waals surface area contributed by atoms with Crippen LogP contribution in [0.15, 0.2) is 58.0 Å². The van der Waals surface area contributed by atoms with Gasteiger partial charge in [0.15, 0.2) is 0 Å². The predicted octanol–water partition coefficient (Wildman–Crippen LogP) is 4.28. The Morgan fingerprint density at radius 3 is 2.42 bits per heavy atom. The van der Waals surface area contributed by atoms with E-state index in [9.17, 15) is 0 Å². The van der Waals surface area contributed by atoms with Crippen LogP contribution in [0.2, 0.25) is 0 Å². The summed E-state index contributed by atoms with van der Waals surface area (Å²) in [6, 6.07) is 16.5. The molecule has 0 saturated carbocycles. The van der Waals surface area contributed by atoms with Gasteiger partial charge in [-0.05, 0) is 36.8 Å². The fraction of sp³-hybridized carbons (Fsp3) is 0.188. The number of rotatable bonds is 2. The fourth-order valence-electron chi connectivity index (χ4n) is 2.08. The van der Waals surface area contributed by atoms with E-state index in [2.05, 4.69) is 64.2 Å². The molecule has 19 heavy (non-hydrogen) atoms. The number of nitrogens with zero attached hydrogens (tertiary/aromatic N) is 1. The summed E-state index contributed by atoms with van der Waals surface area (Å²) in [5.74, 6) is 0.743. The summed E-state index contributed by atoms with van der Waals surface area (Å²) in [4.78, 5) is 4.50. The van der Waals surface area contributed by atoms with Crippen LogP contribution in [0, 0.1) is 6.92 Å². The molecule has 3 rings (SSSR count). The van der Waals surface area contributed by atoms with E-state index < -0.39 is 0 Å². The van der Waals surface area contributed by atoms with Gasteiger partial charge in [-0.15, -0.1) is 0 Å². The molecule has 1 unspecified atom stereocenters. The Bertz CT molecular complexity index is 602. The normalized spacial score (nSPS) is 18.0. The van der Waals surface area contributed by atoms with Crippen LogP contribution in [0.1, 0.15) is 22.8 Å². The molecule has 0 saturated heterocycles. The second-order valence-corrected chi connectivity index (χ2v) is 5.59. The molecule has 0 aromatic heterocycles. The summed E-state index contributed by atoms with van der Waals surface area (Å²) in [7, 11) is 0. The van der Waals surface area contributed by atoms with Gasteiger partial charge in [0.1, 0.15) is 6.10 Å². The van der Waals surface area contributed by atoms with Crippen LogP contribution in [-0.2, 0) is 4.74 Å². The lowest BCUT2D eigenvalue weighted by Crippen LogP contribution is -2.06. The summed E-state index contributed by atoms with van der Waals surface area (Å²) >= 11 is 3.44. The quantitative estimate of drug-likeness (QED) is 0.810. The average molecular weight is 316 g/mol. The molecule has 0 bridgehead atoms. The Morgan fingerprint density at radius 1 is 1.05 bits per heavy atom. The number of benzene rings is 2. The molecule has 0 amide bonds.